The van der Waals surface area contributed by atoms with E-state index >= 15 is 0 Å². The quantitative estimate of drug-likeness (QED) is 0.653. The lowest BCUT2D eigenvalue weighted by molar-refractivity contribution is -0.158. The molecule has 4 heterocycles. The Balaban J connectivity index is 1.63. The Morgan fingerprint density at radius 1 is 0.944 bits per heavy atom. The lowest BCUT2D eigenvalue weighted by Crippen LogP contribution is -2.65. The number of carbonyl (C=O) groups excluding carboxylic acids is 1. The molecule has 4 rings (SSSR count). The number of hydrogen-bond acceptors (Lipinski definition) is 2. The van der Waals surface area contributed by atoms with Gasteiger partial charge in [-0.1, -0.05) is 6.42 Å². The molecule has 0 aromatic rings. The van der Waals surface area contributed by atoms with Gasteiger partial charge in [0.1, 0.15) is 0 Å². The van der Waals surface area contributed by atoms with Crippen molar-refractivity contribution < 1.29 is 4.79 Å². The van der Waals surface area contributed by atoms with Crippen LogP contribution in [0.2, 0.25) is 0 Å². The molecule has 0 radical (unpaired) electrons. The second-order valence-corrected chi connectivity index (χ2v) is 6.76. The molecule has 100 valence electrons. The van der Waals surface area contributed by atoms with Gasteiger partial charge in [0.15, 0.2) is 0 Å². The minimum Gasteiger partial charge on any atom is -0.339 e. The molecule has 4 fully saturated rings. The monoisotopic (exact) mass is 248 g/mol. The first kappa shape index (κ1) is 11.3. The Kier molecular flexibility index (Phi) is 2.65. The van der Waals surface area contributed by atoms with Gasteiger partial charge in [0.2, 0.25) is 5.91 Å². The molecule has 4 saturated heterocycles. The predicted molar refractivity (Wildman–Crippen MR) is 70.2 cm³/mol. The molecular formula is C15H24N2O. The standard InChI is InChI=1S/C15H24N2O/c18-15-12-9-11(13-5-2-4-8-17(13)15)10-16-7-3-1-6-14(12)16/h11-14H,1-10H2/t11?,12?,13-,14+/m0/s1. The van der Waals surface area contributed by atoms with Crippen molar-refractivity contribution in [2.75, 3.05) is 19.6 Å². The molecule has 2 bridgehead atoms. The van der Waals surface area contributed by atoms with Gasteiger partial charge in [-0.3, -0.25) is 9.69 Å². The molecule has 2 unspecified atom stereocenters. The first-order valence-electron chi connectivity index (χ1n) is 7.89. The van der Waals surface area contributed by atoms with Gasteiger partial charge < -0.3 is 4.90 Å². The van der Waals surface area contributed by atoms with Crippen molar-refractivity contribution in [2.45, 2.75) is 57.0 Å². The van der Waals surface area contributed by atoms with Crippen molar-refractivity contribution in [2.24, 2.45) is 11.8 Å². The topological polar surface area (TPSA) is 23.6 Å². The summed E-state index contributed by atoms with van der Waals surface area (Å²) in [5.74, 6) is 1.63. The molecule has 3 nitrogen and oxygen atoms in total. The summed E-state index contributed by atoms with van der Waals surface area (Å²) < 4.78 is 0. The summed E-state index contributed by atoms with van der Waals surface area (Å²) in [5.41, 5.74) is 0. The van der Waals surface area contributed by atoms with E-state index in [1.807, 2.05) is 0 Å². The maximum atomic E-state index is 12.7. The number of fused-ring (bicyclic) bond motifs is 6. The summed E-state index contributed by atoms with van der Waals surface area (Å²) in [7, 11) is 0. The Hall–Kier alpha value is -0.570. The van der Waals surface area contributed by atoms with Crippen LogP contribution < -0.4 is 0 Å². The highest BCUT2D eigenvalue weighted by atomic mass is 16.2. The van der Waals surface area contributed by atoms with Crippen LogP contribution in [0, 0.1) is 11.8 Å². The first-order valence-corrected chi connectivity index (χ1v) is 7.89. The summed E-state index contributed by atoms with van der Waals surface area (Å²) in [5, 5.41) is 0. The SMILES string of the molecule is O=C1C2CC(CN3CCCC[C@H]23)[C@@H]2CCCCN12. The van der Waals surface area contributed by atoms with Gasteiger partial charge in [-0.2, -0.15) is 0 Å². The van der Waals surface area contributed by atoms with Crippen LogP contribution in [0.4, 0.5) is 0 Å². The van der Waals surface area contributed by atoms with Crippen molar-refractivity contribution in [1.82, 2.24) is 9.80 Å². The largest absolute Gasteiger partial charge is 0.339 e. The van der Waals surface area contributed by atoms with Crippen molar-refractivity contribution in [3.63, 3.8) is 0 Å². The van der Waals surface area contributed by atoms with Crippen LogP contribution in [-0.4, -0.2) is 47.4 Å². The van der Waals surface area contributed by atoms with Crippen molar-refractivity contribution in [3.05, 3.63) is 0 Å². The second-order valence-electron chi connectivity index (χ2n) is 6.76. The molecule has 4 aliphatic heterocycles. The molecule has 3 heteroatoms. The van der Waals surface area contributed by atoms with Crippen LogP contribution in [0.5, 0.6) is 0 Å². The first-order chi connectivity index (χ1) is 8.84. The van der Waals surface area contributed by atoms with Crippen molar-refractivity contribution in [1.29, 1.82) is 0 Å². The van der Waals surface area contributed by atoms with Gasteiger partial charge in [-0.05, 0) is 51.0 Å². The third-order valence-electron chi connectivity index (χ3n) is 5.85. The molecule has 0 N–H and O–H groups in total. The fourth-order valence-electron chi connectivity index (χ4n) is 5.04. The molecule has 18 heavy (non-hydrogen) atoms. The van der Waals surface area contributed by atoms with Gasteiger partial charge >= 0.3 is 0 Å². The maximum Gasteiger partial charge on any atom is 0.227 e. The van der Waals surface area contributed by atoms with Gasteiger partial charge in [0.25, 0.3) is 0 Å². The van der Waals surface area contributed by atoms with Gasteiger partial charge in [-0.15, -0.1) is 0 Å². The molecule has 1 amide bonds. The number of hydrogen-bond donors (Lipinski definition) is 0. The lowest BCUT2D eigenvalue weighted by Gasteiger charge is -2.56. The van der Waals surface area contributed by atoms with E-state index in [1.165, 1.54) is 58.0 Å². The van der Waals surface area contributed by atoms with Gasteiger partial charge in [-0.25, -0.2) is 0 Å². The zero-order valence-electron chi connectivity index (χ0n) is 11.2. The summed E-state index contributed by atoms with van der Waals surface area (Å²) in [4.78, 5) is 17.7. The molecule has 0 saturated carbocycles. The van der Waals surface area contributed by atoms with Crippen LogP contribution in [0.15, 0.2) is 0 Å². The number of rotatable bonds is 0. The highest BCUT2D eigenvalue weighted by Crippen LogP contribution is 2.43. The Morgan fingerprint density at radius 2 is 1.72 bits per heavy atom. The molecular weight excluding hydrogens is 224 g/mol. The van der Waals surface area contributed by atoms with Crippen LogP contribution >= 0.6 is 0 Å². The van der Waals surface area contributed by atoms with E-state index in [0.29, 0.717) is 23.9 Å². The summed E-state index contributed by atoms with van der Waals surface area (Å²) in [6, 6.07) is 1.18. The molecule has 0 aliphatic carbocycles. The van der Waals surface area contributed by atoms with E-state index in [2.05, 4.69) is 9.80 Å². The zero-order valence-corrected chi connectivity index (χ0v) is 11.2. The third-order valence-corrected chi connectivity index (χ3v) is 5.85. The van der Waals surface area contributed by atoms with E-state index in [9.17, 15) is 4.79 Å². The molecule has 4 atom stereocenters. The van der Waals surface area contributed by atoms with E-state index in [4.69, 9.17) is 0 Å². The van der Waals surface area contributed by atoms with Gasteiger partial charge in [0, 0.05) is 25.2 Å². The molecule has 0 spiro atoms. The lowest BCUT2D eigenvalue weighted by atomic mass is 9.70. The Labute approximate surface area is 110 Å². The average Bonchev–Trinajstić information content (AvgIpc) is 2.44. The number of piperidine rings is 4. The third kappa shape index (κ3) is 1.56. The molecule has 0 aromatic carbocycles. The highest BCUT2D eigenvalue weighted by Gasteiger charge is 2.50. The predicted octanol–water partition coefficient (Wildman–Crippen LogP) is 1.87. The minimum absolute atomic E-state index is 0.346. The smallest absolute Gasteiger partial charge is 0.227 e. The van der Waals surface area contributed by atoms with Crippen LogP contribution in [0.3, 0.4) is 0 Å². The van der Waals surface area contributed by atoms with E-state index in [-0.39, 0.29) is 0 Å². The fraction of sp³-hybridized carbons (Fsp3) is 0.933. The van der Waals surface area contributed by atoms with E-state index in [0.717, 1.165) is 12.5 Å². The summed E-state index contributed by atoms with van der Waals surface area (Å²) in [6.45, 7) is 3.57. The number of amides is 1. The second kappa shape index (κ2) is 4.22. The average molecular weight is 248 g/mol. The highest BCUT2D eigenvalue weighted by molar-refractivity contribution is 5.81. The van der Waals surface area contributed by atoms with E-state index in [1.54, 1.807) is 0 Å². The van der Waals surface area contributed by atoms with Crippen LogP contribution in [0.1, 0.15) is 44.9 Å². The van der Waals surface area contributed by atoms with E-state index < -0.39 is 0 Å². The van der Waals surface area contributed by atoms with Crippen molar-refractivity contribution in [3.8, 4) is 0 Å². The van der Waals surface area contributed by atoms with Crippen molar-refractivity contribution >= 4 is 5.91 Å². The normalized spacial score (nSPS) is 44.4. The summed E-state index contributed by atoms with van der Waals surface area (Å²) >= 11 is 0. The van der Waals surface area contributed by atoms with Crippen LogP contribution in [0.25, 0.3) is 0 Å². The maximum absolute atomic E-state index is 12.7. The number of nitrogens with zero attached hydrogens (tertiary/aromatic N) is 2. The van der Waals surface area contributed by atoms with Gasteiger partial charge in [0.05, 0.1) is 5.92 Å². The Morgan fingerprint density at radius 3 is 2.61 bits per heavy atom. The molecule has 0 aromatic heterocycles. The summed E-state index contributed by atoms with van der Waals surface area (Å²) in [6.07, 6.45) is 8.97. The zero-order chi connectivity index (χ0) is 12.1. The van der Waals surface area contributed by atoms with Crippen LogP contribution in [-0.2, 0) is 4.79 Å². The Bertz CT molecular complexity index is 354. The number of carbonyl (C=O) groups is 1. The minimum atomic E-state index is 0.346. The fourth-order valence-corrected chi connectivity index (χ4v) is 5.04. The molecule has 4 aliphatic rings.